The summed E-state index contributed by atoms with van der Waals surface area (Å²) in [4.78, 5) is 15.6. The lowest BCUT2D eigenvalue weighted by atomic mass is 10.1. The van der Waals surface area contributed by atoms with Crippen LogP contribution in [0.4, 0.5) is 5.69 Å². The number of Topliss-reactive ketones (excluding diaryl/α,β-unsaturated/α-hetero) is 1. The third-order valence-electron chi connectivity index (χ3n) is 3.54. The van der Waals surface area contributed by atoms with E-state index in [1.807, 2.05) is 12.1 Å². The Morgan fingerprint density at radius 1 is 1.40 bits per heavy atom. The lowest BCUT2D eigenvalue weighted by molar-refractivity contribution is 0.101. The molecule has 0 amide bonds. The van der Waals surface area contributed by atoms with E-state index in [-0.39, 0.29) is 5.78 Å². The van der Waals surface area contributed by atoms with Gasteiger partial charge in [-0.1, -0.05) is 22.0 Å². The summed E-state index contributed by atoms with van der Waals surface area (Å²) in [6.45, 7) is 2.53. The van der Waals surface area contributed by atoms with Crippen molar-refractivity contribution in [1.29, 1.82) is 0 Å². The van der Waals surface area contributed by atoms with Crippen molar-refractivity contribution >= 4 is 38.7 Å². The molecule has 0 bridgehead atoms. The summed E-state index contributed by atoms with van der Waals surface area (Å²) in [5.41, 5.74) is 1.87. The normalized spacial score (nSPS) is 14.3. The average Bonchev–Trinajstić information content (AvgIpc) is 3.13. The molecule has 2 nitrogen and oxygen atoms in total. The van der Waals surface area contributed by atoms with Gasteiger partial charge in [0.2, 0.25) is 0 Å². The van der Waals surface area contributed by atoms with Crippen molar-refractivity contribution in [2.24, 2.45) is 0 Å². The number of hydrogen-bond acceptors (Lipinski definition) is 3. The molecular formula is C16H16BrNOS. The van der Waals surface area contributed by atoms with Crippen molar-refractivity contribution in [3.8, 4) is 0 Å². The Hall–Kier alpha value is -1.13. The molecule has 1 aliphatic carbocycles. The van der Waals surface area contributed by atoms with Gasteiger partial charge >= 0.3 is 0 Å². The Balaban J connectivity index is 1.97. The first-order valence-corrected chi connectivity index (χ1v) is 8.42. The Morgan fingerprint density at radius 3 is 2.80 bits per heavy atom. The van der Waals surface area contributed by atoms with Crippen molar-refractivity contribution < 1.29 is 4.79 Å². The van der Waals surface area contributed by atoms with Crippen LogP contribution in [0.3, 0.4) is 0 Å². The molecule has 1 aliphatic rings. The third-order valence-corrected chi connectivity index (χ3v) is 4.90. The van der Waals surface area contributed by atoms with E-state index >= 15 is 0 Å². The standard InChI is InChI=1S/C16H16BrNOS/c1-11(19)15-9-12(17)4-7-16(15)18(13-5-6-13)10-14-3-2-8-20-14/h2-4,7-9,13H,5-6,10H2,1H3. The van der Waals surface area contributed by atoms with Crippen LogP contribution in [0.1, 0.15) is 35.0 Å². The molecule has 1 aromatic carbocycles. The first-order chi connectivity index (χ1) is 9.65. The van der Waals surface area contributed by atoms with E-state index in [1.54, 1.807) is 18.3 Å². The number of carbonyl (C=O) groups is 1. The van der Waals surface area contributed by atoms with Crippen LogP contribution in [-0.4, -0.2) is 11.8 Å². The molecule has 4 heteroatoms. The van der Waals surface area contributed by atoms with E-state index in [2.05, 4.69) is 44.4 Å². The Bertz CT molecular complexity index is 619. The van der Waals surface area contributed by atoms with Crippen molar-refractivity contribution in [1.82, 2.24) is 0 Å². The van der Waals surface area contributed by atoms with Crippen LogP contribution >= 0.6 is 27.3 Å². The molecule has 0 unspecified atom stereocenters. The second-order valence-corrected chi connectivity index (χ2v) is 7.10. The minimum absolute atomic E-state index is 0.123. The molecule has 1 saturated carbocycles. The van der Waals surface area contributed by atoms with Crippen LogP contribution in [-0.2, 0) is 6.54 Å². The highest BCUT2D eigenvalue weighted by molar-refractivity contribution is 9.10. The molecule has 0 N–H and O–H groups in total. The van der Waals surface area contributed by atoms with E-state index in [4.69, 9.17) is 0 Å². The zero-order chi connectivity index (χ0) is 14.1. The molecule has 0 saturated heterocycles. The number of hydrogen-bond donors (Lipinski definition) is 0. The van der Waals surface area contributed by atoms with Gasteiger partial charge in [0.25, 0.3) is 0 Å². The molecule has 0 radical (unpaired) electrons. The van der Waals surface area contributed by atoms with Crippen LogP contribution in [0.5, 0.6) is 0 Å². The number of anilines is 1. The molecular weight excluding hydrogens is 334 g/mol. The lowest BCUT2D eigenvalue weighted by Gasteiger charge is -2.26. The van der Waals surface area contributed by atoms with E-state index in [0.29, 0.717) is 6.04 Å². The summed E-state index contributed by atoms with van der Waals surface area (Å²) >= 11 is 5.23. The van der Waals surface area contributed by atoms with Crippen LogP contribution in [0, 0.1) is 0 Å². The molecule has 0 aliphatic heterocycles. The zero-order valence-corrected chi connectivity index (χ0v) is 13.7. The van der Waals surface area contributed by atoms with Gasteiger partial charge < -0.3 is 4.90 Å². The summed E-state index contributed by atoms with van der Waals surface area (Å²) in [5, 5.41) is 2.11. The van der Waals surface area contributed by atoms with Crippen molar-refractivity contribution in [2.75, 3.05) is 4.90 Å². The lowest BCUT2D eigenvalue weighted by Crippen LogP contribution is -2.26. The maximum atomic E-state index is 11.9. The van der Waals surface area contributed by atoms with Gasteiger partial charge in [-0.2, -0.15) is 0 Å². The van der Waals surface area contributed by atoms with Gasteiger partial charge in [0.1, 0.15) is 0 Å². The molecule has 20 heavy (non-hydrogen) atoms. The molecule has 1 fully saturated rings. The monoisotopic (exact) mass is 349 g/mol. The fourth-order valence-electron chi connectivity index (χ4n) is 2.41. The second kappa shape index (κ2) is 5.70. The SMILES string of the molecule is CC(=O)c1cc(Br)ccc1N(Cc1cccs1)C1CC1. The Morgan fingerprint density at radius 2 is 2.20 bits per heavy atom. The minimum Gasteiger partial charge on any atom is -0.363 e. The second-order valence-electron chi connectivity index (χ2n) is 5.16. The van der Waals surface area contributed by atoms with Gasteiger partial charge in [-0.05, 0) is 49.4 Å². The Kier molecular flexibility index (Phi) is 3.94. The Labute approximate surface area is 131 Å². The molecule has 104 valence electrons. The van der Waals surface area contributed by atoms with E-state index < -0.39 is 0 Å². The van der Waals surface area contributed by atoms with E-state index in [9.17, 15) is 4.79 Å². The van der Waals surface area contributed by atoms with Gasteiger partial charge in [0.05, 0.1) is 6.54 Å². The van der Waals surface area contributed by atoms with Crippen molar-refractivity contribution in [3.63, 3.8) is 0 Å². The number of ketones is 1. The molecule has 0 atom stereocenters. The molecule has 1 heterocycles. The third kappa shape index (κ3) is 2.96. The van der Waals surface area contributed by atoms with Crippen molar-refractivity contribution in [3.05, 3.63) is 50.6 Å². The van der Waals surface area contributed by atoms with Crippen molar-refractivity contribution in [2.45, 2.75) is 32.4 Å². The van der Waals surface area contributed by atoms with E-state index in [1.165, 1.54) is 17.7 Å². The molecule has 2 aromatic rings. The van der Waals surface area contributed by atoms with Crippen LogP contribution in [0.15, 0.2) is 40.2 Å². The summed E-state index contributed by atoms with van der Waals surface area (Å²) < 4.78 is 0.957. The summed E-state index contributed by atoms with van der Waals surface area (Å²) in [7, 11) is 0. The smallest absolute Gasteiger partial charge is 0.161 e. The number of halogens is 1. The fourth-order valence-corrected chi connectivity index (χ4v) is 3.47. The van der Waals surface area contributed by atoms with Gasteiger partial charge in [-0.25, -0.2) is 0 Å². The first-order valence-electron chi connectivity index (χ1n) is 6.74. The molecule has 0 spiro atoms. The predicted molar refractivity (Wildman–Crippen MR) is 87.7 cm³/mol. The van der Waals surface area contributed by atoms with E-state index in [0.717, 1.165) is 22.3 Å². The number of benzene rings is 1. The van der Waals surface area contributed by atoms with Crippen LogP contribution in [0.25, 0.3) is 0 Å². The number of nitrogens with zero attached hydrogens (tertiary/aromatic N) is 1. The number of carbonyl (C=O) groups excluding carboxylic acids is 1. The highest BCUT2D eigenvalue weighted by atomic mass is 79.9. The largest absolute Gasteiger partial charge is 0.363 e. The van der Waals surface area contributed by atoms with Crippen LogP contribution < -0.4 is 4.90 Å². The van der Waals surface area contributed by atoms with Crippen LogP contribution in [0.2, 0.25) is 0 Å². The first kappa shape index (κ1) is 13.8. The highest BCUT2D eigenvalue weighted by Gasteiger charge is 2.31. The maximum Gasteiger partial charge on any atom is 0.161 e. The van der Waals surface area contributed by atoms with Gasteiger partial charge in [-0.15, -0.1) is 11.3 Å². The predicted octanol–water partition coefficient (Wildman–Crippen LogP) is 4.88. The number of rotatable bonds is 5. The van der Waals surface area contributed by atoms with Gasteiger partial charge in [0.15, 0.2) is 5.78 Å². The van der Waals surface area contributed by atoms with Gasteiger partial charge in [0, 0.05) is 26.6 Å². The summed E-state index contributed by atoms with van der Waals surface area (Å²) in [6, 6.07) is 10.8. The highest BCUT2D eigenvalue weighted by Crippen LogP contribution is 2.36. The zero-order valence-electron chi connectivity index (χ0n) is 11.3. The molecule has 3 rings (SSSR count). The van der Waals surface area contributed by atoms with Gasteiger partial charge in [-0.3, -0.25) is 4.79 Å². The maximum absolute atomic E-state index is 11.9. The minimum atomic E-state index is 0.123. The topological polar surface area (TPSA) is 20.3 Å². The fraction of sp³-hybridized carbons (Fsp3) is 0.312. The number of thiophene rings is 1. The average molecular weight is 350 g/mol. The molecule has 1 aromatic heterocycles. The summed E-state index contributed by atoms with van der Waals surface area (Å²) in [5.74, 6) is 0.123. The summed E-state index contributed by atoms with van der Waals surface area (Å²) in [6.07, 6.45) is 2.44. The quantitative estimate of drug-likeness (QED) is 0.716.